The van der Waals surface area contributed by atoms with E-state index in [0.717, 1.165) is 17.7 Å². The van der Waals surface area contributed by atoms with Crippen LogP contribution in [0.3, 0.4) is 0 Å². The van der Waals surface area contributed by atoms with E-state index in [-0.39, 0.29) is 18.7 Å². The molecule has 2 heterocycles. The second-order valence-electron chi connectivity index (χ2n) is 8.86. The molecule has 0 N–H and O–H groups in total. The molecule has 0 atom stereocenters. The molecule has 0 radical (unpaired) electrons. The van der Waals surface area contributed by atoms with Crippen molar-refractivity contribution in [3.05, 3.63) is 87.3 Å². The summed E-state index contributed by atoms with van der Waals surface area (Å²) in [6.07, 6.45) is 2.57. The average molecular weight is 477 g/mol. The lowest BCUT2D eigenvalue weighted by molar-refractivity contribution is 0.291. The molecular formula is C27H32N4O4. The average Bonchev–Trinajstić information content (AvgIpc) is 3.28. The Kier molecular flexibility index (Phi) is 7.70. The molecule has 2 aromatic heterocycles. The molecule has 0 spiro atoms. The van der Waals surface area contributed by atoms with Gasteiger partial charge in [0.25, 0.3) is 5.56 Å². The van der Waals surface area contributed by atoms with E-state index in [0.29, 0.717) is 42.5 Å². The van der Waals surface area contributed by atoms with E-state index in [1.807, 2.05) is 66.1 Å². The van der Waals surface area contributed by atoms with Gasteiger partial charge >= 0.3 is 5.69 Å². The highest BCUT2D eigenvalue weighted by molar-refractivity contribution is 5.70. The molecule has 0 aliphatic heterocycles. The van der Waals surface area contributed by atoms with Gasteiger partial charge in [-0.1, -0.05) is 44.2 Å². The molecule has 0 aliphatic rings. The third kappa shape index (κ3) is 5.65. The maximum Gasteiger partial charge on any atom is 0.333 e. The number of aromatic nitrogens is 4. The molecule has 8 nitrogen and oxygen atoms in total. The molecule has 0 amide bonds. The lowest BCUT2D eigenvalue weighted by Crippen LogP contribution is -2.42. The molecular weight excluding hydrogens is 444 g/mol. The van der Waals surface area contributed by atoms with E-state index >= 15 is 0 Å². The second-order valence-corrected chi connectivity index (χ2v) is 8.86. The van der Waals surface area contributed by atoms with Gasteiger partial charge < -0.3 is 14.0 Å². The number of fused-ring (bicyclic) bond motifs is 1. The Labute approximate surface area is 204 Å². The number of rotatable bonds is 11. The number of hydrogen-bond acceptors (Lipinski definition) is 5. The summed E-state index contributed by atoms with van der Waals surface area (Å²) in [4.78, 5) is 31.4. The number of imidazole rings is 1. The topological polar surface area (TPSA) is 80.3 Å². The fourth-order valence-electron chi connectivity index (χ4n) is 3.96. The van der Waals surface area contributed by atoms with Gasteiger partial charge in [0, 0.05) is 6.54 Å². The summed E-state index contributed by atoms with van der Waals surface area (Å²) in [5.41, 5.74) is 1.09. The monoisotopic (exact) mass is 476 g/mol. The van der Waals surface area contributed by atoms with Crippen LogP contribution in [0.4, 0.5) is 0 Å². The summed E-state index contributed by atoms with van der Waals surface area (Å²) < 4.78 is 16.0. The van der Waals surface area contributed by atoms with Crippen LogP contribution in [0, 0.1) is 5.92 Å². The van der Waals surface area contributed by atoms with E-state index in [9.17, 15) is 9.59 Å². The predicted molar refractivity (Wildman–Crippen MR) is 136 cm³/mol. The minimum absolute atomic E-state index is 0.130. The Balaban J connectivity index is 1.66. The van der Waals surface area contributed by atoms with Crippen LogP contribution in [0.2, 0.25) is 0 Å². The lowest BCUT2D eigenvalue weighted by Gasteiger charge is -2.14. The van der Waals surface area contributed by atoms with E-state index in [4.69, 9.17) is 9.47 Å². The highest BCUT2D eigenvalue weighted by atomic mass is 16.5. The molecule has 35 heavy (non-hydrogen) atoms. The van der Waals surface area contributed by atoms with Crippen molar-refractivity contribution in [1.82, 2.24) is 18.7 Å². The maximum atomic E-state index is 13.5. The maximum absolute atomic E-state index is 13.5. The van der Waals surface area contributed by atoms with Gasteiger partial charge in [-0.2, -0.15) is 0 Å². The first-order valence-corrected chi connectivity index (χ1v) is 12.1. The van der Waals surface area contributed by atoms with Crippen molar-refractivity contribution < 1.29 is 9.47 Å². The summed E-state index contributed by atoms with van der Waals surface area (Å²) in [5.74, 6) is 1.89. The van der Waals surface area contributed by atoms with Gasteiger partial charge in [0.1, 0.15) is 18.1 Å². The Morgan fingerprint density at radius 3 is 2.23 bits per heavy atom. The van der Waals surface area contributed by atoms with Crippen molar-refractivity contribution in [2.45, 2.75) is 46.8 Å². The summed E-state index contributed by atoms with van der Waals surface area (Å²) in [6.45, 7) is 8.10. The Morgan fingerprint density at radius 1 is 0.886 bits per heavy atom. The van der Waals surface area contributed by atoms with Gasteiger partial charge in [0.05, 0.1) is 26.0 Å². The normalized spacial score (nSPS) is 11.3. The zero-order valence-corrected chi connectivity index (χ0v) is 20.5. The Bertz CT molecular complexity index is 1370. The zero-order valence-electron chi connectivity index (χ0n) is 20.5. The minimum Gasteiger partial charge on any atom is -0.494 e. The highest BCUT2D eigenvalue weighted by Crippen LogP contribution is 2.17. The number of ether oxygens (including phenoxy) is 2. The van der Waals surface area contributed by atoms with Gasteiger partial charge in [-0.05, 0) is 49.1 Å². The van der Waals surface area contributed by atoms with Crippen LogP contribution in [0.1, 0.15) is 32.8 Å². The number of benzene rings is 2. The van der Waals surface area contributed by atoms with Crippen LogP contribution in [0.5, 0.6) is 11.5 Å². The van der Waals surface area contributed by atoms with E-state index in [1.54, 1.807) is 10.9 Å². The zero-order chi connectivity index (χ0) is 24.8. The third-order valence-corrected chi connectivity index (χ3v) is 5.83. The molecule has 0 unspecified atom stereocenters. The van der Waals surface area contributed by atoms with Crippen LogP contribution in [-0.4, -0.2) is 31.9 Å². The Morgan fingerprint density at radius 2 is 1.57 bits per heavy atom. The molecule has 8 heteroatoms. The van der Waals surface area contributed by atoms with Crippen molar-refractivity contribution in [3.8, 4) is 11.5 Å². The SMILES string of the molecule is CCOc1ccc(OCCn2c(=O)c3c(ncn3CCC(C)C)n(Cc3ccccc3)c2=O)cc1. The second kappa shape index (κ2) is 11.1. The van der Waals surface area contributed by atoms with Crippen molar-refractivity contribution in [2.24, 2.45) is 5.92 Å². The highest BCUT2D eigenvalue weighted by Gasteiger charge is 2.18. The van der Waals surface area contributed by atoms with Gasteiger partial charge in [-0.3, -0.25) is 13.9 Å². The molecule has 0 fully saturated rings. The van der Waals surface area contributed by atoms with Crippen molar-refractivity contribution in [2.75, 3.05) is 13.2 Å². The third-order valence-electron chi connectivity index (χ3n) is 5.83. The van der Waals surface area contributed by atoms with Crippen LogP contribution < -0.4 is 20.7 Å². The van der Waals surface area contributed by atoms with Gasteiger partial charge in [-0.15, -0.1) is 0 Å². The molecule has 0 saturated carbocycles. The lowest BCUT2D eigenvalue weighted by atomic mass is 10.1. The number of aryl methyl sites for hydroxylation is 1. The molecule has 0 aliphatic carbocycles. The molecule has 184 valence electrons. The summed E-state index contributed by atoms with van der Waals surface area (Å²) in [6, 6.07) is 17.0. The van der Waals surface area contributed by atoms with Crippen LogP contribution >= 0.6 is 0 Å². The summed E-state index contributed by atoms with van der Waals surface area (Å²) in [7, 11) is 0. The van der Waals surface area contributed by atoms with Crippen molar-refractivity contribution in [1.29, 1.82) is 0 Å². The smallest absolute Gasteiger partial charge is 0.333 e. The number of hydrogen-bond donors (Lipinski definition) is 0. The molecule has 0 saturated heterocycles. The standard InChI is InChI=1S/C27H32N4O4/c1-4-34-22-10-12-23(13-11-22)35-17-16-30-26(32)24-25(28-19-29(24)15-14-20(2)3)31(27(30)33)18-21-8-6-5-7-9-21/h5-13,19-20H,4,14-18H2,1-3H3. The van der Waals surface area contributed by atoms with E-state index in [2.05, 4.69) is 18.8 Å². The largest absolute Gasteiger partial charge is 0.494 e. The first-order chi connectivity index (χ1) is 17.0. The number of nitrogens with zero attached hydrogens (tertiary/aromatic N) is 4. The van der Waals surface area contributed by atoms with Gasteiger partial charge in [-0.25, -0.2) is 9.78 Å². The first kappa shape index (κ1) is 24.3. The van der Waals surface area contributed by atoms with Crippen molar-refractivity contribution >= 4 is 11.2 Å². The molecule has 2 aromatic carbocycles. The summed E-state index contributed by atoms with van der Waals surface area (Å²) >= 11 is 0. The minimum atomic E-state index is -0.393. The molecule has 4 rings (SSSR count). The summed E-state index contributed by atoms with van der Waals surface area (Å²) in [5, 5.41) is 0. The first-order valence-electron chi connectivity index (χ1n) is 12.1. The van der Waals surface area contributed by atoms with Crippen molar-refractivity contribution in [3.63, 3.8) is 0 Å². The fraction of sp³-hybridized carbons (Fsp3) is 0.370. The van der Waals surface area contributed by atoms with Gasteiger partial charge in [0.2, 0.25) is 0 Å². The molecule has 4 aromatic rings. The Hall–Kier alpha value is -3.81. The van der Waals surface area contributed by atoms with E-state index < -0.39 is 5.69 Å². The van der Waals surface area contributed by atoms with Crippen LogP contribution in [0.15, 0.2) is 70.5 Å². The van der Waals surface area contributed by atoms with E-state index in [1.165, 1.54) is 4.57 Å². The fourth-order valence-corrected chi connectivity index (χ4v) is 3.96. The van der Waals surface area contributed by atoms with Gasteiger partial charge in [0.15, 0.2) is 11.2 Å². The van der Waals surface area contributed by atoms with Crippen LogP contribution in [0.25, 0.3) is 11.2 Å². The quantitative estimate of drug-likeness (QED) is 0.328. The molecule has 0 bridgehead atoms. The van der Waals surface area contributed by atoms with Crippen LogP contribution in [-0.2, 0) is 19.6 Å². The predicted octanol–water partition coefficient (Wildman–Crippen LogP) is 3.93.